The molecule has 3 aromatic heterocycles. The number of nitrogens with one attached hydrogen (secondary N) is 1. The molecule has 0 spiro atoms. The highest BCUT2D eigenvalue weighted by atomic mass is 19.4. The molecule has 0 aromatic carbocycles. The molecule has 0 atom stereocenters. The Bertz CT molecular complexity index is 1240. The van der Waals surface area contributed by atoms with E-state index in [4.69, 9.17) is 0 Å². The molecule has 1 N–H and O–H groups in total. The first-order valence-electron chi connectivity index (χ1n) is 9.75. The number of rotatable bonds is 5. The van der Waals surface area contributed by atoms with Gasteiger partial charge in [0.1, 0.15) is 5.56 Å². The summed E-state index contributed by atoms with van der Waals surface area (Å²) in [5.41, 5.74) is -3.75. The van der Waals surface area contributed by atoms with E-state index < -0.39 is 35.4 Å². The van der Waals surface area contributed by atoms with Gasteiger partial charge in [0.2, 0.25) is 0 Å². The third kappa shape index (κ3) is 4.03. The lowest BCUT2D eigenvalue weighted by Crippen LogP contribution is -2.36. The molecule has 0 radical (unpaired) electrons. The number of carbonyl (C=O) groups excluding carboxylic acids is 1. The topological polar surface area (TPSA) is 69.7 Å². The highest BCUT2D eigenvalue weighted by Crippen LogP contribution is 2.49. The predicted molar refractivity (Wildman–Crippen MR) is 99.8 cm³/mol. The molecule has 7 nitrogen and oxygen atoms in total. The summed E-state index contributed by atoms with van der Waals surface area (Å²) in [4.78, 5) is 12.3. The van der Waals surface area contributed by atoms with Crippen molar-refractivity contribution >= 4 is 5.91 Å². The molecule has 1 fully saturated rings. The lowest BCUT2D eigenvalue weighted by atomic mass is 10.1. The molecule has 0 bridgehead atoms. The van der Waals surface area contributed by atoms with Crippen molar-refractivity contribution in [2.45, 2.75) is 44.1 Å². The van der Waals surface area contributed by atoms with E-state index in [1.165, 1.54) is 17.0 Å². The lowest BCUT2D eigenvalue weighted by Gasteiger charge is -2.19. The van der Waals surface area contributed by atoms with Crippen molar-refractivity contribution < 1.29 is 39.9 Å². The van der Waals surface area contributed by atoms with Crippen LogP contribution < -0.4 is 5.32 Å². The van der Waals surface area contributed by atoms with Gasteiger partial charge in [0, 0.05) is 25.5 Å². The minimum Gasteiger partial charge on any atom is -0.349 e. The maximum atomic E-state index is 13.9. The van der Waals surface area contributed by atoms with Gasteiger partial charge in [-0.1, -0.05) is 0 Å². The van der Waals surface area contributed by atoms with Gasteiger partial charge >= 0.3 is 18.3 Å². The van der Waals surface area contributed by atoms with E-state index >= 15 is 0 Å². The Hall–Kier alpha value is -3.39. The van der Waals surface area contributed by atoms with Crippen LogP contribution in [0, 0.1) is 6.92 Å². The number of halogens is 8. The zero-order chi connectivity index (χ0) is 25.2. The summed E-state index contributed by atoms with van der Waals surface area (Å²) in [6.07, 6.45) is -5.21. The first-order valence-corrected chi connectivity index (χ1v) is 9.75. The van der Waals surface area contributed by atoms with Gasteiger partial charge in [0.25, 0.3) is 5.91 Å². The summed E-state index contributed by atoms with van der Waals surface area (Å²) < 4.78 is 109. The Balaban J connectivity index is 1.77. The number of carbonyl (C=O) groups is 1. The second-order valence-electron chi connectivity index (χ2n) is 7.89. The quantitative estimate of drug-likeness (QED) is 0.537. The van der Waals surface area contributed by atoms with E-state index in [-0.39, 0.29) is 22.3 Å². The van der Waals surface area contributed by atoms with Crippen molar-refractivity contribution in [2.24, 2.45) is 7.05 Å². The van der Waals surface area contributed by atoms with Gasteiger partial charge in [-0.15, -0.1) is 0 Å². The van der Waals surface area contributed by atoms with Crippen LogP contribution in [0.4, 0.5) is 35.1 Å². The third-order valence-electron chi connectivity index (χ3n) is 5.22. The van der Waals surface area contributed by atoms with E-state index in [2.05, 4.69) is 15.5 Å². The van der Waals surface area contributed by atoms with Crippen LogP contribution in [0.2, 0.25) is 0 Å². The Labute approximate surface area is 185 Å². The molecule has 4 rings (SSSR count). The molecule has 1 aliphatic rings. The van der Waals surface area contributed by atoms with E-state index in [9.17, 15) is 39.9 Å². The summed E-state index contributed by atoms with van der Waals surface area (Å²) >= 11 is 0. The zero-order valence-corrected chi connectivity index (χ0v) is 17.5. The summed E-state index contributed by atoms with van der Waals surface area (Å²) in [5.74, 6) is -7.32. The van der Waals surface area contributed by atoms with Gasteiger partial charge in [0.05, 0.1) is 23.6 Å². The van der Waals surface area contributed by atoms with E-state index in [1.807, 2.05) is 0 Å². The number of hydrogen-bond acceptors (Lipinski definition) is 3. The van der Waals surface area contributed by atoms with Crippen molar-refractivity contribution in [1.29, 1.82) is 0 Å². The molecular formula is C19H16F8N6O. The van der Waals surface area contributed by atoms with Crippen LogP contribution >= 0.6 is 0 Å². The number of alkyl halides is 8. The summed E-state index contributed by atoms with van der Waals surface area (Å²) in [5, 5.41) is 9.36. The molecular weight excluding hydrogens is 480 g/mol. The van der Waals surface area contributed by atoms with Crippen LogP contribution in [0.15, 0.2) is 24.8 Å². The number of nitrogens with zero attached hydrogens (tertiary/aromatic N) is 5. The molecule has 0 saturated heterocycles. The van der Waals surface area contributed by atoms with Crippen molar-refractivity contribution in [3.8, 4) is 11.5 Å². The molecule has 0 unspecified atom stereocenters. The van der Waals surface area contributed by atoms with Gasteiger partial charge < -0.3 is 9.88 Å². The van der Waals surface area contributed by atoms with Crippen LogP contribution in [-0.2, 0) is 19.1 Å². The van der Waals surface area contributed by atoms with Crippen molar-refractivity contribution in [3.63, 3.8) is 0 Å². The van der Waals surface area contributed by atoms with Crippen LogP contribution in [-0.4, -0.2) is 42.3 Å². The van der Waals surface area contributed by atoms with Gasteiger partial charge in [-0.2, -0.15) is 45.3 Å². The molecule has 184 valence electrons. The fraction of sp³-hybridized carbons (Fsp3) is 0.421. The Kier molecular flexibility index (Phi) is 5.28. The lowest BCUT2D eigenvalue weighted by molar-refractivity contribution is -0.292. The first-order chi connectivity index (χ1) is 15.6. The van der Waals surface area contributed by atoms with Gasteiger partial charge in [0.15, 0.2) is 11.5 Å². The summed E-state index contributed by atoms with van der Waals surface area (Å²) in [7, 11) is 0.794. The van der Waals surface area contributed by atoms with Crippen LogP contribution in [0.25, 0.3) is 11.5 Å². The number of aryl methyl sites for hydroxylation is 2. The van der Waals surface area contributed by atoms with Crippen molar-refractivity contribution in [3.05, 3.63) is 47.2 Å². The Morgan fingerprint density at radius 2 is 1.71 bits per heavy atom. The fourth-order valence-electron chi connectivity index (χ4n) is 3.39. The van der Waals surface area contributed by atoms with E-state index in [1.54, 1.807) is 6.92 Å². The number of amides is 1. The van der Waals surface area contributed by atoms with E-state index in [0.29, 0.717) is 15.8 Å². The second-order valence-corrected chi connectivity index (χ2v) is 7.89. The second kappa shape index (κ2) is 7.56. The van der Waals surface area contributed by atoms with Crippen LogP contribution in [0.3, 0.4) is 0 Å². The SMILES string of the molecule is Cc1cn(-c2cnn(-c3c(C(F)(F)F)c(C(F)(F)C(F)(F)F)nn3C)c2)cc1C(=O)NC1CC1. The van der Waals surface area contributed by atoms with Gasteiger partial charge in [-0.05, 0) is 25.3 Å². The maximum absolute atomic E-state index is 13.9. The van der Waals surface area contributed by atoms with Crippen LogP contribution in [0.5, 0.6) is 0 Å². The molecule has 3 aromatic rings. The zero-order valence-electron chi connectivity index (χ0n) is 17.5. The third-order valence-corrected chi connectivity index (χ3v) is 5.22. The standard InChI is InChI=1S/C19H16F8N6O/c1-9-6-32(8-12(9)15(34)29-10-3-4-10)11-5-28-33(7-11)16-13(18(22,23)24)14(30-31(16)2)17(20,21)19(25,26)27/h5-8,10H,3-4H2,1-2H3,(H,29,34). The largest absolute Gasteiger partial charge is 0.459 e. The monoisotopic (exact) mass is 496 g/mol. The fourth-order valence-corrected chi connectivity index (χ4v) is 3.39. The Morgan fingerprint density at radius 3 is 2.26 bits per heavy atom. The van der Waals surface area contributed by atoms with Crippen molar-refractivity contribution in [1.82, 2.24) is 29.4 Å². The minimum absolute atomic E-state index is 0.0904. The van der Waals surface area contributed by atoms with Gasteiger partial charge in [-0.25, -0.2) is 9.36 Å². The van der Waals surface area contributed by atoms with Gasteiger partial charge in [-0.3, -0.25) is 4.79 Å². The Morgan fingerprint density at radius 1 is 1.06 bits per heavy atom. The van der Waals surface area contributed by atoms with Crippen molar-refractivity contribution in [2.75, 3.05) is 0 Å². The van der Waals surface area contributed by atoms with E-state index in [0.717, 1.165) is 32.3 Å². The first kappa shape index (κ1) is 23.8. The summed E-state index contributed by atoms with van der Waals surface area (Å²) in [6, 6.07) is 0.0904. The average Bonchev–Trinajstić information content (AvgIpc) is 3.10. The molecule has 1 saturated carbocycles. The predicted octanol–water partition coefficient (Wildman–Crippen LogP) is 4.27. The molecule has 34 heavy (non-hydrogen) atoms. The summed E-state index contributed by atoms with van der Waals surface area (Å²) in [6.45, 7) is 1.64. The highest BCUT2D eigenvalue weighted by molar-refractivity contribution is 5.96. The molecule has 15 heteroatoms. The van der Waals surface area contributed by atoms with Crippen LogP contribution in [0.1, 0.15) is 40.0 Å². The maximum Gasteiger partial charge on any atom is 0.459 e. The average molecular weight is 496 g/mol. The molecule has 1 aliphatic carbocycles. The number of aromatic nitrogens is 5. The molecule has 0 aliphatic heterocycles. The number of hydrogen-bond donors (Lipinski definition) is 1. The normalized spacial score (nSPS) is 15.1. The minimum atomic E-state index is -6.30. The highest BCUT2D eigenvalue weighted by Gasteiger charge is 2.64. The molecule has 3 heterocycles. The molecule has 1 amide bonds. The smallest absolute Gasteiger partial charge is 0.349 e.